The van der Waals surface area contributed by atoms with Gasteiger partial charge in [0.05, 0.1) is 10.6 Å². The van der Waals surface area contributed by atoms with Gasteiger partial charge >= 0.3 is 0 Å². The summed E-state index contributed by atoms with van der Waals surface area (Å²) in [4.78, 5) is 27.7. The Labute approximate surface area is 221 Å². The van der Waals surface area contributed by atoms with Crippen LogP contribution in [-0.2, 0) is 26.2 Å². The average molecular weight is 546 g/mol. The van der Waals surface area contributed by atoms with Gasteiger partial charge in [-0.05, 0) is 67.4 Å². The molecule has 0 heterocycles. The lowest BCUT2D eigenvalue weighted by atomic mass is 10.1. The summed E-state index contributed by atoms with van der Waals surface area (Å²) in [6.07, 6.45) is 0.314. The van der Waals surface area contributed by atoms with Crippen molar-refractivity contribution in [3.8, 4) is 0 Å². The second kappa shape index (κ2) is 12.2. The number of halogens is 2. The Morgan fingerprint density at radius 2 is 1.57 bits per heavy atom. The molecule has 0 bridgehead atoms. The minimum absolute atomic E-state index is 0.0697. The monoisotopic (exact) mass is 545 g/mol. The van der Waals surface area contributed by atoms with E-state index >= 15 is 0 Å². The minimum atomic E-state index is -4.25. The number of carbonyl (C=O) groups is 2. The molecule has 0 aliphatic carbocycles. The number of carbonyl (C=O) groups excluding carboxylic acids is 2. The number of nitrogens with one attached hydrogen (secondary N) is 1. The zero-order valence-electron chi connectivity index (χ0n) is 20.8. The van der Waals surface area contributed by atoms with Crippen molar-refractivity contribution in [1.29, 1.82) is 0 Å². The highest BCUT2D eigenvalue weighted by molar-refractivity contribution is 7.92. The van der Waals surface area contributed by atoms with Gasteiger partial charge in [0, 0.05) is 18.6 Å². The number of rotatable bonds is 10. The predicted octanol–water partition coefficient (Wildman–Crippen LogP) is 4.54. The largest absolute Gasteiger partial charge is 0.357 e. The molecule has 0 saturated heterocycles. The molecule has 0 fully saturated rings. The minimum Gasteiger partial charge on any atom is -0.357 e. The van der Waals surface area contributed by atoms with Crippen LogP contribution in [0.1, 0.15) is 24.5 Å². The van der Waals surface area contributed by atoms with E-state index in [4.69, 9.17) is 11.6 Å². The highest BCUT2D eigenvalue weighted by atomic mass is 35.5. The summed E-state index contributed by atoms with van der Waals surface area (Å²) >= 11 is 6.00. The maximum absolute atomic E-state index is 13.8. The zero-order chi connectivity index (χ0) is 27.2. The Morgan fingerprint density at radius 1 is 0.973 bits per heavy atom. The summed E-state index contributed by atoms with van der Waals surface area (Å²) in [7, 11) is -2.77. The van der Waals surface area contributed by atoms with Crippen LogP contribution in [0.3, 0.4) is 0 Å². The molecule has 3 aromatic carbocycles. The number of hydrogen-bond acceptors (Lipinski definition) is 4. The Morgan fingerprint density at radius 3 is 2.11 bits per heavy atom. The highest BCUT2D eigenvalue weighted by Crippen LogP contribution is 2.25. The maximum atomic E-state index is 13.8. The number of hydrogen-bond donors (Lipinski definition) is 1. The van der Waals surface area contributed by atoms with Gasteiger partial charge in [0.1, 0.15) is 18.4 Å². The molecule has 37 heavy (non-hydrogen) atoms. The summed E-state index contributed by atoms with van der Waals surface area (Å²) in [6.45, 7) is 3.13. The van der Waals surface area contributed by atoms with Crippen molar-refractivity contribution >= 4 is 39.1 Å². The summed E-state index contributed by atoms with van der Waals surface area (Å²) in [5.74, 6) is -1.52. The van der Waals surface area contributed by atoms with Crippen LogP contribution in [0.15, 0.2) is 77.7 Å². The lowest BCUT2D eigenvalue weighted by Crippen LogP contribution is -2.51. The average Bonchev–Trinajstić information content (AvgIpc) is 2.88. The SMILES string of the molecule is CC[C@@H](C(=O)NC)N(Cc1ccc(Cl)cc1)C(=O)CN(c1ccc(C)cc1)S(=O)(=O)c1ccc(F)cc1. The van der Waals surface area contributed by atoms with Crippen LogP contribution < -0.4 is 9.62 Å². The number of benzene rings is 3. The molecule has 7 nitrogen and oxygen atoms in total. The van der Waals surface area contributed by atoms with Gasteiger partial charge in [-0.15, -0.1) is 0 Å². The lowest BCUT2D eigenvalue weighted by Gasteiger charge is -2.33. The number of likely N-dealkylation sites (N-methyl/N-ethyl adjacent to an activating group) is 1. The van der Waals surface area contributed by atoms with E-state index in [1.807, 2.05) is 6.92 Å². The van der Waals surface area contributed by atoms with Gasteiger partial charge in [0.25, 0.3) is 10.0 Å². The second-order valence-corrected chi connectivity index (χ2v) is 10.8. The van der Waals surface area contributed by atoms with E-state index in [2.05, 4.69) is 5.32 Å². The first-order chi connectivity index (χ1) is 17.6. The molecule has 3 rings (SSSR count). The van der Waals surface area contributed by atoms with Crippen molar-refractivity contribution in [2.45, 2.75) is 37.8 Å². The zero-order valence-corrected chi connectivity index (χ0v) is 22.4. The Balaban J connectivity index is 2.04. The standard InChI is InChI=1S/C27H29ClFN3O4S/c1-4-25(27(34)30-3)31(17-20-7-9-21(28)10-8-20)26(33)18-32(23-13-5-19(2)6-14-23)37(35,36)24-15-11-22(29)12-16-24/h5-16,25H,4,17-18H2,1-3H3,(H,30,34)/t25-/m0/s1. The van der Waals surface area contributed by atoms with E-state index in [0.717, 1.165) is 39.7 Å². The van der Waals surface area contributed by atoms with Gasteiger partial charge in [-0.25, -0.2) is 12.8 Å². The molecule has 0 unspecified atom stereocenters. The molecule has 1 atom stereocenters. The van der Waals surface area contributed by atoms with Crippen LogP contribution in [0, 0.1) is 12.7 Å². The van der Waals surface area contributed by atoms with Crippen molar-refractivity contribution in [2.24, 2.45) is 0 Å². The van der Waals surface area contributed by atoms with E-state index in [1.165, 1.54) is 11.9 Å². The van der Waals surface area contributed by atoms with Crippen molar-refractivity contribution in [3.63, 3.8) is 0 Å². The third kappa shape index (κ3) is 6.87. The van der Waals surface area contributed by atoms with Gasteiger partial charge in [0.15, 0.2) is 0 Å². The topological polar surface area (TPSA) is 86.8 Å². The molecule has 2 amide bonds. The Kier molecular flexibility index (Phi) is 9.29. The summed E-state index contributed by atoms with van der Waals surface area (Å²) in [6, 6.07) is 17.1. The van der Waals surface area contributed by atoms with Crippen LogP contribution >= 0.6 is 11.6 Å². The van der Waals surface area contributed by atoms with Gasteiger partial charge in [0.2, 0.25) is 11.8 Å². The first kappa shape index (κ1) is 28.1. The van der Waals surface area contributed by atoms with E-state index in [9.17, 15) is 22.4 Å². The third-order valence-electron chi connectivity index (χ3n) is 5.90. The molecular formula is C27H29ClFN3O4S. The number of aryl methyl sites for hydroxylation is 1. The van der Waals surface area contributed by atoms with E-state index < -0.39 is 34.3 Å². The van der Waals surface area contributed by atoms with Crippen molar-refractivity contribution < 1.29 is 22.4 Å². The fourth-order valence-corrected chi connectivity index (χ4v) is 5.39. The Hall–Kier alpha value is -3.43. The van der Waals surface area contributed by atoms with Gasteiger partial charge < -0.3 is 10.2 Å². The van der Waals surface area contributed by atoms with Crippen LogP contribution in [0.4, 0.5) is 10.1 Å². The van der Waals surface area contributed by atoms with Crippen LogP contribution in [0.5, 0.6) is 0 Å². The smallest absolute Gasteiger partial charge is 0.264 e. The second-order valence-electron chi connectivity index (χ2n) is 8.49. The maximum Gasteiger partial charge on any atom is 0.264 e. The molecular weight excluding hydrogens is 517 g/mol. The van der Waals surface area contributed by atoms with Gasteiger partial charge in [-0.2, -0.15) is 0 Å². The first-order valence-corrected chi connectivity index (χ1v) is 13.5. The first-order valence-electron chi connectivity index (χ1n) is 11.7. The van der Waals surface area contributed by atoms with Crippen LogP contribution in [-0.4, -0.2) is 44.8 Å². The normalized spacial score (nSPS) is 12.0. The fourth-order valence-electron chi connectivity index (χ4n) is 3.85. The molecule has 0 aliphatic heterocycles. The van der Waals surface area contributed by atoms with E-state index in [1.54, 1.807) is 55.5 Å². The van der Waals surface area contributed by atoms with Gasteiger partial charge in [-0.1, -0.05) is 48.4 Å². The fraction of sp³-hybridized carbons (Fsp3) is 0.259. The quantitative estimate of drug-likeness (QED) is 0.405. The predicted molar refractivity (Wildman–Crippen MR) is 142 cm³/mol. The molecule has 0 spiro atoms. The number of anilines is 1. The summed E-state index contributed by atoms with van der Waals surface area (Å²) < 4.78 is 41.8. The highest BCUT2D eigenvalue weighted by Gasteiger charge is 2.33. The molecule has 0 aromatic heterocycles. The summed E-state index contributed by atoms with van der Waals surface area (Å²) in [5, 5.41) is 3.10. The van der Waals surface area contributed by atoms with Gasteiger partial charge in [-0.3, -0.25) is 13.9 Å². The molecule has 0 radical (unpaired) electrons. The van der Waals surface area contributed by atoms with E-state index in [0.29, 0.717) is 11.4 Å². The number of sulfonamides is 1. The van der Waals surface area contributed by atoms with Crippen molar-refractivity contribution in [3.05, 3.63) is 94.8 Å². The number of amides is 2. The number of nitrogens with zero attached hydrogens (tertiary/aromatic N) is 2. The lowest BCUT2D eigenvalue weighted by molar-refractivity contribution is -0.140. The van der Waals surface area contributed by atoms with E-state index in [-0.39, 0.29) is 23.0 Å². The van der Waals surface area contributed by atoms with Crippen molar-refractivity contribution in [2.75, 3.05) is 17.9 Å². The molecule has 10 heteroatoms. The molecule has 0 aliphatic rings. The summed E-state index contributed by atoms with van der Waals surface area (Å²) in [5.41, 5.74) is 1.90. The molecule has 0 saturated carbocycles. The van der Waals surface area contributed by atoms with Crippen LogP contribution in [0.25, 0.3) is 0 Å². The third-order valence-corrected chi connectivity index (χ3v) is 7.94. The van der Waals surface area contributed by atoms with Crippen LogP contribution in [0.2, 0.25) is 5.02 Å². The molecule has 1 N–H and O–H groups in total. The molecule has 3 aromatic rings. The Bertz CT molecular complexity index is 1330. The molecule has 196 valence electrons. The van der Waals surface area contributed by atoms with Crippen molar-refractivity contribution in [1.82, 2.24) is 10.2 Å².